The van der Waals surface area contributed by atoms with E-state index >= 15 is 0 Å². The highest BCUT2D eigenvalue weighted by atomic mass is 35.5. The fraction of sp³-hybridized carbons (Fsp3) is 0.111. The smallest absolute Gasteiger partial charge is 0.256 e. The van der Waals surface area contributed by atoms with Gasteiger partial charge >= 0.3 is 0 Å². The van der Waals surface area contributed by atoms with Crippen molar-refractivity contribution < 1.29 is 4.79 Å². The van der Waals surface area contributed by atoms with Crippen LogP contribution in [0.5, 0.6) is 0 Å². The van der Waals surface area contributed by atoms with Gasteiger partial charge in [0.2, 0.25) is 0 Å². The molecule has 22 heavy (non-hydrogen) atoms. The first-order chi connectivity index (χ1) is 10.7. The van der Waals surface area contributed by atoms with Crippen LogP contribution in [0.15, 0.2) is 48.5 Å². The number of nitriles is 1. The number of rotatable bonds is 3. The van der Waals surface area contributed by atoms with Gasteiger partial charge < -0.3 is 5.32 Å². The molecule has 0 fully saturated rings. The van der Waals surface area contributed by atoms with Crippen LogP contribution in [-0.2, 0) is 11.2 Å². The summed E-state index contributed by atoms with van der Waals surface area (Å²) in [5.41, 5.74) is 4.08. The van der Waals surface area contributed by atoms with Crippen molar-refractivity contribution in [3.8, 4) is 6.07 Å². The van der Waals surface area contributed by atoms with E-state index in [2.05, 4.69) is 11.4 Å². The van der Waals surface area contributed by atoms with Crippen LogP contribution in [0, 0.1) is 11.3 Å². The number of carbonyl (C=O) groups excluding carboxylic acids is 1. The van der Waals surface area contributed by atoms with Gasteiger partial charge in [0.05, 0.1) is 17.3 Å². The molecule has 0 unspecified atom stereocenters. The maximum atomic E-state index is 12.0. The van der Waals surface area contributed by atoms with Gasteiger partial charge in [-0.05, 0) is 42.7 Å². The molecule has 1 heterocycles. The normalized spacial score (nSPS) is 14.5. The molecular weight excluding hydrogens is 296 g/mol. The minimum Gasteiger partial charge on any atom is -0.321 e. The predicted octanol–water partition coefficient (Wildman–Crippen LogP) is 4.18. The SMILES string of the molecule is N#Cc1cccc(CC/C=C2/C(=O)Nc3cc(Cl)ccc32)c1. The average Bonchev–Trinajstić information content (AvgIpc) is 2.82. The summed E-state index contributed by atoms with van der Waals surface area (Å²) in [6.07, 6.45) is 3.46. The molecule has 0 atom stereocenters. The fourth-order valence-electron chi connectivity index (χ4n) is 2.55. The van der Waals surface area contributed by atoms with Crippen LogP contribution in [0.25, 0.3) is 5.57 Å². The molecule has 1 N–H and O–H groups in total. The molecule has 0 saturated heterocycles. The van der Waals surface area contributed by atoms with Crippen molar-refractivity contribution in [1.82, 2.24) is 0 Å². The molecule has 2 aromatic rings. The highest BCUT2D eigenvalue weighted by Crippen LogP contribution is 2.33. The Hall–Kier alpha value is -2.57. The van der Waals surface area contributed by atoms with Crippen molar-refractivity contribution >= 4 is 28.8 Å². The van der Waals surface area contributed by atoms with E-state index in [1.807, 2.05) is 30.3 Å². The summed E-state index contributed by atoms with van der Waals surface area (Å²) in [6.45, 7) is 0. The van der Waals surface area contributed by atoms with Gasteiger partial charge in [-0.25, -0.2) is 0 Å². The second-order valence-electron chi connectivity index (χ2n) is 5.11. The largest absolute Gasteiger partial charge is 0.321 e. The van der Waals surface area contributed by atoms with Gasteiger partial charge in [0.25, 0.3) is 5.91 Å². The number of amides is 1. The summed E-state index contributed by atoms with van der Waals surface area (Å²) in [6, 6.07) is 15.1. The van der Waals surface area contributed by atoms with Gasteiger partial charge in [-0.3, -0.25) is 4.79 Å². The molecule has 1 amide bonds. The van der Waals surface area contributed by atoms with Crippen LogP contribution in [0.1, 0.15) is 23.1 Å². The van der Waals surface area contributed by atoms with Crippen LogP contribution >= 0.6 is 11.6 Å². The maximum Gasteiger partial charge on any atom is 0.256 e. The molecule has 108 valence electrons. The summed E-state index contributed by atoms with van der Waals surface area (Å²) < 4.78 is 0. The number of carbonyl (C=O) groups is 1. The summed E-state index contributed by atoms with van der Waals surface area (Å²) >= 11 is 5.93. The van der Waals surface area contributed by atoms with Crippen molar-refractivity contribution in [3.05, 3.63) is 70.3 Å². The van der Waals surface area contributed by atoms with Crippen molar-refractivity contribution in [2.45, 2.75) is 12.8 Å². The van der Waals surface area contributed by atoms with E-state index in [-0.39, 0.29) is 5.91 Å². The molecule has 3 rings (SSSR count). The van der Waals surface area contributed by atoms with Crippen LogP contribution in [0.2, 0.25) is 5.02 Å². The zero-order valence-electron chi connectivity index (χ0n) is 11.8. The molecule has 2 aromatic carbocycles. The number of nitrogens with zero attached hydrogens (tertiary/aromatic N) is 1. The highest BCUT2D eigenvalue weighted by molar-refractivity contribution is 6.34. The van der Waals surface area contributed by atoms with E-state index in [1.165, 1.54) is 0 Å². The fourth-order valence-corrected chi connectivity index (χ4v) is 2.72. The topological polar surface area (TPSA) is 52.9 Å². The van der Waals surface area contributed by atoms with E-state index in [0.717, 1.165) is 29.7 Å². The quantitative estimate of drug-likeness (QED) is 0.865. The Kier molecular flexibility index (Phi) is 3.95. The average molecular weight is 309 g/mol. The lowest BCUT2D eigenvalue weighted by atomic mass is 10.0. The molecule has 3 nitrogen and oxygen atoms in total. The van der Waals surface area contributed by atoms with E-state index in [1.54, 1.807) is 18.2 Å². The third kappa shape index (κ3) is 2.88. The molecule has 0 radical (unpaired) electrons. The predicted molar refractivity (Wildman–Crippen MR) is 87.5 cm³/mol. The van der Waals surface area contributed by atoms with Gasteiger partial charge in [0.1, 0.15) is 0 Å². The summed E-state index contributed by atoms with van der Waals surface area (Å²) in [7, 11) is 0. The highest BCUT2D eigenvalue weighted by Gasteiger charge is 2.23. The summed E-state index contributed by atoms with van der Waals surface area (Å²) in [5, 5.41) is 12.3. The molecule has 4 heteroatoms. The Morgan fingerprint density at radius 2 is 2.09 bits per heavy atom. The first kappa shape index (κ1) is 14.4. The van der Waals surface area contributed by atoms with Crippen LogP contribution in [0.4, 0.5) is 5.69 Å². The zero-order valence-corrected chi connectivity index (χ0v) is 12.5. The summed E-state index contributed by atoms with van der Waals surface area (Å²) in [5.74, 6) is -0.0944. The molecule has 0 bridgehead atoms. The molecule has 0 saturated carbocycles. The number of hydrogen-bond donors (Lipinski definition) is 1. The number of benzene rings is 2. The maximum absolute atomic E-state index is 12.0. The van der Waals surface area contributed by atoms with Gasteiger partial charge in [0, 0.05) is 16.2 Å². The van der Waals surface area contributed by atoms with Gasteiger partial charge in [-0.2, -0.15) is 5.26 Å². The first-order valence-corrected chi connectivity index (χ1v) is 7.35. The Balaban J connectivity index is 1.76. The lowest BCUT2D eigenvalue weighted by molar-refractivity contribution is -0.110. The minimum atomic E-state index is -0.0944. The number of aryl methyl sites for hydroxylation is 1. The van der Waals surface area contributed by atoms with Crippen LogP contribution < -0.4 is 5.32 Å². The van der Waals surface area contributed by atoms with Crippen LogP contribution in [0.3, 0.4) is 0 Å². The monoisotopic (exact) mass is 308 g/mol. The lowest BCUT2D eigenvalue weighted by Gasteiger charge is -2.01. The van der Waals surface area contributed by atoms with Crippen molar-refractivity contribution in [2.24, 2.45) is 0 Å². The van der Waals surface area contributed by atoms with E-state index < -0.39 is 0 Å². The Morgan fingerprint density at radius 1 is 1.23 bits per heavy atom. The van der Waals surface area contributed by atoms with Crippen LogP contribution in [-0.4, -0.2) is 5.91 Å². The van der Waals surface area contributed by atoms with Gasteiger partial charge in [-0.1, -0.05) is 35.9 Å². The first-order valence-electron chi connectivity index (χ1n) is 6.98. The van der Waals surface area contributed by atoms with Gasteiger partial charge in [0.15, 0.2) is 0 Å². The third-order valence-corrected chi connectivity index (χ3v) is 3.84. The second-order valence-corrected chi connectivity index (χ2v) is 5.55. The van der Waals surface area contributed by atoms with Crippen molar-refractivity contribution in [3.63, 3.8) is 0 Å². The lowest BCUT2D eigenvalue weighted by Crippen LogP contribution is -2.03. The van der Waals surface area contributed by atoms with Gasteiger partial charge in [-0.15, -0.1) is 0 Å². The number of hydrogen-bond acceptors (Lipinski definition) is 2. The molecule has 1 aliphatic heterocycles. The zero-order chi connectivity index (χ0) is 15.5. The van der Waals surface area contributed by atoms with E-state index in [4.69, 9.17) is 16.9 Å². The molecule has 1 aliphatic rings. The summed E-state index contributed by atoms with van der Waals surface area (Å²) in [4.78, 5) is 12.0. The molecule has 0 aliphatic carbocycles. The minimum absolute atomic E-state index is 0.0944. The second kappa shape index (κ2) is 6.05. The van der Waals surface area contributed by atoms with E-state index in [9.17, 15) is 4.79 Å². The van der Waals surface area contributed by atoms with Crippen molar-refractivity contribution in [2.75, 3.05) is 5.32 Å². The molecule has 0 aromatic heterocycles. The number of allylic oxidation sites excluding steroid dienone is 1. The Morgan fingerprint density at radius 3 is 2.91 bits per heavy atom. The molecule has 0 spiro atoms. The number of halogens is 1. The Bertz CT molecular complexity index is 818. The Labute approximate surface area is 133 Å². The molecular formula is C18H13ClN2O. The number of anilines is 1. The standard InChI is InChI=1S/C18H13ClN2O/c19-14-7-8-15-16(18(22)21-17(15)10-14)6-2-4-12-3-1-5-13(9-12)11-20/h1,3,5-10H,2,4H2,(H,21,22)/b16-6+. The third-order valence-electron chi connectivity index (χ3n) is 3.60. The number of fused-ring (bicyclic) bond motifs is 1. The number of nitrogens with one attached hydrogen (secondary N) is 1. The van der Waals surface area contributed by atoms with Crippen molar-refractivity contribution in [1.29, 1.82) is 5.26 Å². The van der Waals surface area contributed by atoms with E-state index in [0.29, 0.717) is 16.2 Å².